The molecular weight excluding hydrogens is 230 g/mol. The molecule has 1 rings (SSSR count). The third kappa shape index (κ3) is 2.39. The smallest absolute Gasteiger partial charge is 0.413 e. The predicted molar refractivity (Wildman–Crippen MR) is 63.5 cm³/mol. The molecule has 5 heteroatoms. The Bertz CT molecular complexity index is 406. The maximum absolute atomic E-state index is 11.4. The summed E-state index contributed by atoms with van der Waals surface area (Å²) in [4.78, 5) is 12.7. The van der Waals surface area contributed by atoms with Crippen molar-refractivity contribution in [2.24, 2.45) is 0 Å². The zero-order chi connectivity index (χ0) is 12.3. The molecule has 1 aromatic carbocycles. The molecule has 0 aromatic heterocycles. The Balaban J connectivity index is 3.22. The third-order valence-corrected chi connectivity index (χ3v) is 2.57. The molecule has 0 aliphatic heterocycles. The number of benzene rings is 1. The molecule has 16 heavy (non-hydrogen) atoms. The number of aryl methyl sites for hydroxylation is 1. The Morgan fingerprint density at radius 2 is 2.00 bits per heavy atom. The molecule has 0 heterocycles. The van der Waals surface area contributed by atoms with Crippen LogP contribution < -0.4 is 9.64 Å². The molecule has 0 radical (unpaired) electrons. The number of nitrogens with zero attached hydrogens (tertiary/aromatic N) is 1. The molecule has 0 saturated heterocycles. The average Bonchev–Trinajstić information content (AvgIpc) is 2.29. The molecule has 0 bridgehead atoms. The van der Waals surface area contributed by atoms with E-state index < -0.39 is 6.09 Å². The fraction of sp³-hybridized carbons (Fsp3) is 0.364. The number of carbonyl (C=O) groups excluding carboxylic acids is 1. The Morgan fingerprint density at radius 1 is 1.38 bits per heavy atom. The minimum absolute atomic E-state index is 0.390. The summed E-state index contributed by atoms with van der Waals surface area (Å²) in [5.74, 6) is 0.535. The number of anilines is 1. The van der Waals surface area contributed by atoms with E-state index in [4.69, 9.17) is 16.3 Å². The van der Waals surface area contributed by atoms with Gasteiger partial charge in [-0.2, -0.15) is 0 Å². The number of rotatable bonds is 2. The molecule has 0 spiro atoms. The van der Waals surface area contributed by atoms with Crippen LogP contribution in [0.1, 0.15) is 5.56 Å². The van der Waals surface area contributed by atoms with Crippen molar-refractivity contribution in [3.05, 3.63) is 22.7 Å². The fourth-order valence-electron chi connectivity index (χ4n) is 1.34. The minimum atomic E-state index is -0.477. The first-order chi connectivity index (χ1) is 7.51. The van der Waals surface area contributed by atoms with Gasteiger partial charge in [0.05, 0.1) is 19.9 Å². The van der Waals surface area contributed by atoms with Crippen LogP contribution in [0.2, 0.25) is 5.02 Å². The van der Waals surface area contributed by atoms with E-state index in [-0.39, 0.29) is 0 Å². The van der Waals surface area contributed by atoms with E-state index in [1.54, 1.807) is 19.2 Å². The van der Waals surface area contributed by atoms with Crippen LogP contribution in [0, 0.1) is 6.92 Å². The molecule has 1 amide bonds. The molecule has 0 N–H and O–H groups in total. The standard InChI is InChI=1S/C11H14ClNO3/c1-7-5-8(13(2)11(14)16-4)10(12)9(6-7)15-3/h5-6H,1-4H3. The van der Waals surface area contributed by atoms with Gasteiger partial charge in [0, 0.05) is 7.05 Å². The topological polar surface area (TPSA) is 38.8 Å². The quantitative estimate of drug-likeness (QED) is 0.802. The maximum atomic E-state index is 11.4. The van der Waals surface area contributed by atoms with Gasteiger partial charge in [0.15, 0.2) is 0 Å². The lowest BCUT2D eigenvalue weighted by molar-refractivity contribution is 0.180. The molecule has 0 saturated carbocycles. The average molecular weight is 244 g/mol. The number of hydrogen-bond donors (Lipinski definition) is 0. The summed E-state index contributed by atoms with van der Waals surface area (Å²) in [6.45, 7) is 1.90. The van der Waals surface area contributed by atoms with Gasteiger partial charge in [0.2, 0.25) is 0 Å². The highest BCUT2D eigenvalue weighted by Crippen LogP contribution is 2.35. The van der Waals surface area contributed by atoms with Gasteiger partial charge in [-0.3, -0.25) is 4.90 Å². The number of carbonyl (C=O) groups is 1. The van der Waals surface area contributed by atoms with Crippen LogP contribution in [0.5, 0.6) is 5.75 Å². The second kappa shape index (κ2) is 5.07. The van der Waals surface area contributed by atoms with Crippen molar-refractivity contribution in [1.82, 2.24) is 0 Å². The summed E-state index contributed by atoms with van der Waals surface area (Å²) < 4.78 is 9.74. The van der Waals surface area contributed by atoms with E-state index in [0.717, 1.165) is 5.56 Å². The number of amides is 1. The monoisotopic (exact) mass is 243 g/mol. The van der Waals surface area contributed by atoms with Gasteiger partial charge in [0.1, 0.15) is 10.8 Å². The van der Waals surface area contributed by atoms with Crippen molar-refractivity contribution >= 4 is 23.4 Å². The highest BCUT2D eigenvalue weighted by molar-refractivity contribution is 6.35. The Hall–Kier alpha value is -1.42. The van der Waals surface area contributed by atoms with Crippen LogP contribution in [0.25, 0.3) is 0 Å². The van der Waals surface area contributed by atoms with Gasteiger partial charge in [-0.05, 0) is 24.6 Å². The van der Waals surface area contributed by atoms with E-state index in [0.29, 0.717) is 16.5 Å². The van der Waals surface area contributed by atoms with Crippen LogP contribution in [0.15, 0.2) is 12.1 Å². The SMILES string of the molecule is COC(=O)N(C)c1cc(C)cc(OC)c1Cl. The molecule has 0 unspecified atom stereocenters. The van der Waals surface area contributed by atoms with E-state index in [2.05, 4.69) is 4.74 Å². The van der Waals surface area contributed by atoms with Crippen molar-refractivity contribution in [3.63, 3.8) is 0 Å². The number of methoxy groups -OCH3 is 2. The second-order valence-electron chi connectivity index (χ2n) is 3.33. The Labute approximate surface area is 99.7 Å². The second-order valence-corrected chi connectivity index (χ2v) is 3.71. The van der Waals surface area contributed by atoms with Crippen LogP contribution in [0.4, 0.5) is 10.5 Å². The van der Waals surface area contributed by atoms with Gasteiger partial charge in [-0.15, -0.1) is 0 Å². The lowest BCUT2D eigenvalue weighted by atomic mass is 10.2. The molecule has 4 nitrogen and oxygen atoms in total. The molecule has 1 aromatic rings. The van der Waals surface area contributed by atoms with Crippen LogP contribution >= 0.6 is 11.6 Å². The van der Waals surface area contributed by atoms with Crippen molar-refractivity contribution < 1.29 is 14.3 Å². The molecule has 0 aliphatic carbocycles. The largest absolute Gasteiger partial charge is 0.495 e. The zero-order valence-corrected chi connectivity index (χ0v) is 10.5. The van der Waals surface area contributed by atoms with Crippen molar-refractivity contribution in [2.45, 2.75) is 6.92 Å². The highest BCUT2D eigenvalue weighted by atomic mass is 35.5. The predicted octanol–water partition coefficient (Wildman–Crippen LogP) is 2.86. The lowest BCUT2D eigenvalue weighted by Crippen LogP contribution is -2.26. The maximum Gasteiger partial charge on any atom is 0.413 e. The Kier molecular flexibility index (Phi) is 4.01. The van der Waals surface area contributed by atoms with Crippen LogP contribution in [0.3, 0.4) is 0 Å². The number of ether oxygens (including phenoxy) is 2. The first-order valence-electron chi connectivity index (χ1n) is 4.67. The highest BCUT2D eigenvalue weighted by Gasteiger charge is 2.17. The summed E-state index contributed by atoms with van der Waals surface area (Å²) in [5, 5.41) is 0.390. The first kappa shape index (κ1) is 12.6. The van der Waals surface area contributed by atoms with E-state index in [1.165, 1.54) is 19.1 Å². The number of halogens is 1. The first-order valence-corrected chi connectivity index (χ1v) is 5.04. The Morgan fingerprint density at radius 3 is 2.50 bits per heavy atom. The number of hydrogen-bond acceptors (Lipinski definition) is 3. The van der Waals surface area contributed by atoms with Gasteiger partial charge in [0.25, 0.3) is 0 Å². The summed E-state index contributed by atoms with van der Waals surface area (Å²) in [6.07, 6.45) is -0.477. The summed E-state index contributed by atoms with van der Waals surface area (Å²) in [5.41, 5.74) is 1.51. The summed E-state index contributed by atoms with van der Waals surface area (Å²) >= 11 is 6.10. The van der Waals surface area contributed by atoms with Gasteiger partial charge >= 0.3 is 6.09 Å². The van der Waals surface area contributed by atoms with Crippen LogP contribution in [-0.4, -0.2) is 27.4 Å². The molecule has 0 aliphatic rings. The van der Waals surface area contributed by atoms with Gasteiger partial charge < -0.3 is 9.47 Å². The van der Waals surface area contributed by atoms with Gasteiger partial charge in [-0.25, -0.2) is 4.79 Å². The minimum Gasteiger partial charge on any atom is -0.495 e. The van der Waals surface area contributed by atoms with Crippen molar-refractivity contribution in [3.8, 4) is 5.75 Å². The van der Waals surface area contributed by atoms with Crippen molar-refractivity contribution in [2.75, 3.05) is 26.2 Å². The van der Waals surface area contributed by atoms with Crippen LogP contribution in [-0.2, 0) is 4.74 Å². The molecule has 0 atom stereocenters. The van der Waals surface area contributed by atoms with E-state index in [1.807, 2.05) is 6.92 Å². The normalized spacial score (nSPS) is 9.81. The zero-order valence-electron chi connectivity index (χ0n) is 9.70. The third-order valence-electron chi connectivity index (χ3n) is 2.19. The lowest BCUT2D eigenvalue weighted by Gasteiger charge is -2.19. The van der Waals surface area contributed by atoms with E-state index >= 15 is 0 Å². The summed E-state index contributed by atoms with van der Waals surface area (Å²) in [7, 11) is 4.44. The molecular formula is C11H14ClNO3. The van der Waals surface area contributed by atoms with Gasteiger partial charge in [-0.1, -0.05) is 11.6 Å². The summed E-state index contributed by atoms with van der Waals surface area (Å²) in [6, 6.07) is 3.60. The molecule has 0 fully saturated rings. The fourth-order valence-corrected chi connectivity index (χ4v) is 1.66. The van der Waals surface area contributed by atoms with E-state index in [9.17, 15) is 4.79 Å². The van der Waals surface area contributed by atoms with Crippen molar-refractivity contribution in [1.29, 1.82) is 0 Å². The molecule has 88 valence electrons.